The van der Waals surface area contributed by atoms with Crippen LogP contribution >= 0.6 is 0 Å². The molecule has 0 saturated heterocycles. The smallest absolute Gasteiger partial charge is 0.0629 e. The summed E-state index contributed by atoms with van der Waals surface area (Å²) in [4.78, 5) is 9.59. The molecule has 0 N–H and O–H groups in total. The predicted molar refractivity (Wildman–Crippen MR) is 178 cm³/mol. The van der Waals surface area contributed by atoms with Crippen molar-refractivity contribution in [3.8, 4) is 11.1 Å². The third kappa shape index (κ3) is 6.93. The Hall–Kier alpha value is -3.78. The average Bonchev–Trinajstić information content (AvgIpc) is 3.29. The molecule has 0 atom stereocenters. The first-order valence-electron chi connectivity index (χ1n) is 15.7. The molecule has 2 nitrogen and oxygen atoms in total. The molecule has 2 heteroatoms. The SMILES string of the molecule is CCCCCCC1(CCCCCC)c2cc(C=Nc3ccccc3)ccc2-c2ccc(C=Nc3ccccc3)cc21. The molecule has 0 heterocycles. The van der Waals surface area contributed by atoms with E-state index in [2.05, 4.69) is 74.5 Å². The van der Waals surface area contributed by atoms with Crippen molar-refractivity contribution < 1.29 is 0 Å². The van der Waals surface area contributed by atoms with Crippen LogP contribution in [-0.2, 0) is 5.41 Å². The minimum absolute atomic E-state index is 0.0271. The van der Waals surface area contributed by atoms with E-state index in [-0.39, 0.29) is 5.41 Å². The summed E-state index contributed by atoms with van der Waals surface area (Å²) >= 11 is 0. The molecule has 0 bridgehead atoms. The summed E-state index contributed by atoms with van der Waals surface area (Å²) in [5.41, 5.74) is 10.1. The average molecular weight is 541 g/mol. The fraction of sp³-hybridized carbons (Fsp3) is 0.333. The summed E-state index contributed by atoms with van der Waals surface area (Å²) in [5, 5.41) is 0. The van der Waals surface area contributed by atoms with Gasteiger partial charge in [0.1, 0.15) is 0 Å². The number of aliphatic imine (C=N–C) groups is 2. The number of unbranched alkanes of at least 4 members (excludes halogenated alkanes) is 6. The highest BCUT2D eigenvalue weighted by molar-refractivity contribution is 5.90. The maximum absolute atomic E-state index is 4.80. The van der Waals surface area contributed by atoms with Gasteiger partial charge in [-0.3, -0.25) is 9.98 Å². The molecule has 0 spiro atoms. The lowest BCUT2D eigenvalue weighted by molar-refractivity contribution is 0.401. The molecule has 4 aromatic carbocycles. The van der Waals surface area contributed by atoms with Gasteiger partial charge in [-0.25, -0.2) is 0 Å². The van der Waals surface area contributed by atoms with Crippen molar-refractivity contribution in [1.82, 2.24) is 0 Å². The van der Waals surface area contributed by atoms with E-state index in [0.717, 1.165) is 11.4 Å². The lowest BCUT2D eigenvalue weighted by atomic mass is 9.70. The van der Waals surface area contributed by atoms with Gasteiger partial charge in [0.2, 0.25) is 0 Å². The first-order valence-corrected chi connectivity index (χ1v) is 15.7. The van der Waals surface area contributed by atoms with Gasteiger partial charge in [0, 0.05) is 17.8 Å². The minimum atomic E-state index is 0.0271. The summed E-state index contributed by atoms with van der Waals surface area (Å²) in [6.07, 6.45) is 16.7. The van der Waals surface area contributed by atoms with Crippen LogP contribution in [0.5, 0.6) is 0 Å². The molecule has 0 unspecified atom stereocenters. The number of hydrogen-bond donors (Lipinski definition) is 0. The summed E-state index contributed by atoms with van der Waals surface area (Å²) in [5.74, 6) is 0. The van der Waals surface area contributed by atoms with Gasteiger partial charge in [-0.15, -0.1) is 0 Å². The number of para-hydroxylation sites is 2. The van der Waals surface area contributed by atoms with E-state index in [0.29, 0.717) is 0 Å². The Morgan fingerprint density at radius 2 is 0.951 bits per heavy atom. The van der Waals surface area contributed by atoms with Crippen molar-refractivity contribution in [1.29, 1.82) is 0 Å². The zero-order valence-corrected chi connectivity index (χ0v) is 24.9. The van der Waals surface area contributed by atoms with Crippen LogP contribution in [0.4, 0.5) is 11.4 Å². The van der Waals surface area contributed by atoms with Crippen LogP contribution in [0.1, 0.15) is 100 Å². The molecule has 5 rings (SSSR count). The van der Waals surface area contributed by atoms with Crippen molar-refractivity contribution in [2.75, 3.05) is 0 Å². The lowest BCUT2D eigenvalue weighted by Gasteiger charge is -2.33. The molecule has 1 aliphatic rings. The summed E-state index contributed by atoms with van der Waals surface area (Å²) in [7, 11) is 0. The molecular weight excluding hydrogens is 496 g/mol. The standard InChI is InChI=1S/C39H44N2/c1-3-5-7-15-25-39(26-16-8-6-4-2)37-27-31(29-40-33-17-11-9-12-18-33)21-23-35(37)36-24-22-32(28-38(36)39)30-41-34-19-13-10-14-20-34/h9-14,17-24,27-30H,3-8,15-16,25-26H2,1-2H3. The maximum atomic E-state index is 4.80. The van der Waals surface area contributed by atoms with E-state index < -0.39 is 0 Å². The van der Waals surface area contributed by atoms with Crippen LogP contribution in [0.15, 0.2) is 107 Å². The highest BCUT2D eigenvalue weighted by Gasteiger charge is 2.42. The van der Waals surface area contributed by atoms with E-state index in [9.17, 15) is 0 Å². The van der Waals surface area contributed by atoms with Crippen LogP contribution < -0.4 is 0 Å². The first-order chi connectivity index (χ1) is 20.2. The first kappa shape index (κ1) is 28.7. The van der Waals surface area contributed by atoms with Crippen molar-refractivity contribution in [3.63, 3.8) is 0 Å². The second kappa shape index (κ2) is 14.2. The Balaban J connectivity index is 1.56. The van der Waals surface area contributed by atoms with E-state index in [4.69, 9.17) is 9.98 Å². The third-order valence-electron chi connectivity index (χ3n) is 8.56. The highest BCUT2D eigenvalue weighted by atomic mass is 14.7. The quantitative estimate of drug-likeness (QED) is 0.112. The van der Waals surface area contributed by atoms with Gasteiger partial charge in [-0.1, -0.05) is 126 Å². The van der Waals surface area contributed by atoms with Crippen molar-refractivity contribution in [2.45, 2.75) is 83.5 Å². The molecule has 1 aliphatic carbocycles. The zero-order chi connectivity index (χ0) is 28.3. The van der Waals surface area contributed by atoms with Gasteiger partial charge in [0.25, 0.3) is 0 Å². The fourth-order valence-corrected chi connectivity index (χ4v) is 6.39. The maximum Gasteiger partial charge on any atom is 0.0629 e. The molecule has 0 amide bonds. The molecule has 0 fully saturated rings. The molecule has 4 aromatic rings. The van der Waals surface area contributed by atoms with E-state index in [1.807, 2.05) is 48.8 Å². The van der Waals surface area contributed by atoms with Gasteiger partial charge in [0.15, 0.2) is 0 Å². The predicted octanol–water partition coefficient (Wildman–Crippen LogP) is 11.4. The topological polar surface area (TPSA) is 24.7 Å². The van der Waals surface area contributed by atoms with Gasteiger partial charge < -0.3 is 0 Å². The molecule has 41 heavy (non-hydrogen) atoms. The Kier molecular flexibility index (Phi) is 9.96. The lowest BCUT2D eigenvalue weighted by Crippen LogP contribution is -2.26. The van der Waals surface area contributed by atoms with E-state index in [1.165, 1.54) is 97.6 Å². The van der Waals surface area contributed by atoms with Crippen LogP contribution in [0.3, 0.4) is 0 Å². The van der Waals surface area contributed by atoms with E-state index >= 15 is 0 Å². The van der Waals surface area contributed by atoms with Crippen LogP contribution in [0.2, 0.25) is 0 Å². The zero-order valence-electron chi connectivity index (χ0n) is 24.9. The number of nitrogens with zero attached hydrogens (tertiary/aromatic N) is 2. The second-order valence-electron chi connectivity index (χ2n) is 11.5. The Morgan fingerprint density at radius 3 is 1.37 bits per heavy atom. The summed E-state index contributed by atoms with van der Waals surface area (Å²) in [6, 6.07) is 34.5. The number of rotatable bonds is 14. The second-order valence-corrected chi connectivity index (χ2v) is 11.5. The normalized spacial score (nSPS) is 13.6. The van der Waals surface area contributed by atoms with Gasteiger partial charge in [0.05, 0.1) is 11.4 Å². The third-order valence-corrected chi connectivity index (χ3v) is 8.56. The van der Waals surface area contributed by atoms with Crippen LogP contribution in [0.25, 0.3) is 11.1 Å². The van der Waals surface area contributed by atoms with Crippen molar-refractivity contribution >= 4 is 23.8 Å². The Labute approximate surface area is 247 Å². The van der Waals surface area contributed by atoms with E-state index in [1.54, 1.807) is 0 Å². The monoisotopic (exact) mass is 540 g/mol. The molecule has 0 saturated carbocycles. The number of benzene rings is 4. The Morgan fingerprint density at radius 1 is 0.512 bits per heavy atom. The molecule has 0 aliphatic heterocycles. The van der Waals surface area contributed by atoms with Gasteiger partial charge >= 0.3 is 0 Å². The van der Waals surface area contributed by atoms with Crippen LogP contribution in [-0.4, -0.2) is 12.4 Å². The van der Waals surface area contributed by atoms with Gasteiger partial charge in [-0.05, 0) is 82.6 Å². The van der Waals surface area contributed by atoms with Crippen molar-refractivity contribution in [3.05, 3.63) is 119 Å². The molecular formula is C39H44N2. The summed E-state index contributed by atoms with van der Waals surface area (Å²) in [6.45, 7) is 4.61. The molecule has 0 radical (unpaired) electrons. The van der Waals surface area contributed by atoms with Crippen LogP contribution in [0, 0.1) is 0 Å². The minimum Gasteiger partial charge on any atom is -0.256 e. The largest absolute Gasteiger partial charge is 0.256 e. The van der Waals surface area contributed by atoms with Gasteiger partial charge in [-0.2, -0.15) is 0 Å². The Bertz CT molecular complexity index is 1340. The number of hydrogen-bond acceptors (Lipinski definition) is 2. The number of fused-ring (bicyclic) bond motifs is 3. The van der Waals surface area contributed by atoms with Crippen molar-refractivity contribution in [2.24, 2.45) is 9.98 Å². The summed E-state index contributed by atoms with van der Waals surface area (Å²) < 4.78 is 0. The highest BCUT2D eigenvalue weighted by Crippen LogP contribution is 2.54. The fourth-order valence-electron chi connectivity index (χ4n) is 6.39. The molecule has 210 valence electrons. The molecule has 0 aromatic heterocycles.